The van der Waals surface area contributed by atoms with Gasteiger partial charge in [0.25, 0.3) is 5.91 Å². The predicted molar refractivity (Wildman–Crippen MR) is 63.9 cm³/mol. The molecule has 2 N–H and O–H groups in total. The Kier molecular flexibility index (Phi) is 2.47. The van der Waals surface area contributed by atoms with Gasteiger partial charge in [0.1, 0.15) is 0 Å². The SMILES string of the molecule is Cc1coc(C(=O)N[C@]23CCC[C@H]2CNC3)c1. The highest BCUT2D eigenvalue weighted by Gasteiger charge is 2.47. The van der Waals surface area contributed by atoms with Crippen LogP contribution in [0.1, 0.15) is 35.4 Å². The Hall–Kier alpha value is -1.29. The van der Waals surface area contributed by atoms with Crippen LogP contribution in [-0.2, 0) is 0 Å². The summed E-state index contributed by atoms with van der Waals surface area (Å²) in [7, 11) is 0. The molecule has 17 heavy (non-hydrogen) atoms. The largest absolute Gasteiger partial charge is 0.459 e. The van der Waals surface area contributed by atoms with E-state index in [4.69, 9.17) is 4.42 Å². The third-order valence-electron chi connectivity index (χ3n) is 4.10. The summed E-state index contributed by atoms with van der Waals surface area (Å²) in [4.78, 5) is 12.1. The highest BCUT2D eigenvalue weighted by molar-refractivity contribution is 5.92. The molecular formula is C13H18N2O2. The minimum Gasteiger partial charge on any atom is -0.459 e. The molecule has 0 aromatic carbocycles. The Bertz CT molecular complexity index is 428. The van der Waals surface area contributed by atoms with Crippen LogP contribution in [0.5, 0.6) is 0 Å². The molecule has 4 heteroatoms. The van der Waals surface area contributed by atoms with Gasteiger partial charge < -0.3 is 15.1 Å². The molecule has 2 atom stereocenters. The zero-order chi connectivity index (χ0) is 11.9. The fourth-order valence-electron chi connectivity index (χ4n) is 3.19. The molecule has 1 saturated carbocycles. The number of nitrogens with one attached hydrogen (secondary N) is 2. The highest BCUT2D eigenvalue weighted by Crippen LogP contribution is 2.38. The molecule has 1 aromatic heterocycles. The van der Waals surface area contributed by atoms with Gasteiger partial charge in [-0.1, -0.05) is 6.42 Å². The summed E-state index contributed by atoms with van der Waals surface area (Å²) >= 11 is 0. The van der Waals surface area contributed by atoms with Gasteiger partial charge in [0.05, 0.1) is 11.8 Å². The van der Waals surface area contributed by atoms with Gasteiger partial charge in [-0.05, 0) is 37.3 Å². The Balaban J connectivity index is 1.76. The summed E-state index contributed by atoms with van der Waals surface area (Å²) in [5, 5.41) is 6.57. The zero-order valence-corrected chi connectivity index (χ0v) is 10.1. The average Bonchev–Trinajstić information content (AvgIpc) is 2.92. The van der Waals surface area contributed by atoms with Crippen molar-refractivity contribution in [2.75, 3.05) is 13.1 Å². The van der Waals surface area contributed by atoms with Gasteiger partial charge in [0.2, 0.25) is 0 Å². The zero-order valence-electron chi connectivity index (χ0n) is 10.1. The van der Waals surface area contributed by atoms with Crippen LogP contribution in [0.25, 0.3) is 0 Å². The second-order valence-corrected chi connectivity index (χ2v) is 5.32. The highest BCUT2D eigenvalue weighted by atomic mass is 16.3. The van der Waals surface area contributed by atoms with Gasteiger partial charge in [-0.25, -0.2) is 0 Å². The van der Waals surface area contributed by atoms with Gasteiger partial charge in [-0.3, -0.25) is 4.79 Å². The lowest BCUT2D eigenvalue weighted by molar-refractivity contribution is 0.0865. The number of aryl methyl sites for hydroxylation is 1. The maximum atomic E-state index is 12.1. The number of amides is 1. The first-order valence-electron chi connectivity index (χ1n) is 6.28. The van der Waals surface area contributed by atoms with Crippen molar-refractivity contribution in [3.05, 3.63) is 23.7 Å². The van der Waals surface area contributed by atoms with Crippen LogP contribution in [-0.4, -0.2) is 24.5 Å². The van der Waals surface area contributed by atoms with Gasteiger partial charge in [0.15, 0.2) is 5.76 Å². The maximum absolute atomic E-state index is 12.1. The molecule has 1 amide bonds. The number of carbonyl (C=O) groups is 1. The number of carbonyl (C=O) groups excluding carboxylic acids is 1. The van der Waals surface area contributed by atoms with Crippen molar-refractivity contribution in [3.8, 4) is 0 Å². The van der Waals surface area contributed by atoms with Crippen molar-refractivity contribution in [1.82, 2.24) is 10.6 Å². The number of fused-ring (bicyclic) bond motifs is 1. The van der Waals surface area contributed by atoms with Crippen LogP contribution in [0.4, 0.5) is 0 Å². The van der Waals surface area contributed by atoms with Crippen LogP contribution in [0.2, 0.25) is 0 Å². The lowest BCUT2D eigenvalue weighted by atomic mass is 9.90. The molecule has 3 rings (SSSR count). The Morgan fingerprint density at radius 3 is 3.29 bits per heavy atom. The number of furan rings is 1. The molecule has 4 nitrogen and oxygen atoms in total. The second-order valence-electron chi connectivity index (χ2n) is 5.32. The molecule has 1 aliphatic carbocycles. The van der Waals surface area contributed by atoms with E-state index in [9.17, 15) is 4.79 Å². The van der Waals surface area contributed by atoms with Gasteiger partial charge in [-0.15, -0.1) is 0 Å². The molecule has 0 unspecified atom stereocenters. The Labute approximate surface area is 101 Å². The summed E-state index contributed by atoms with van der Waals surface area (Å²) in [5.41, 5.74) is 0.956. The second kappa shape index (κ2) is 3.88. The summed E-state index contributed by atoms with van der Waals surface area (Å²) in [6, 6.07) is 1.79. The summed E-state index contributed by atoms with van der Waals surface area (Å²) < 4.78 is 5.25. The normalized spacial score (nSPS) is 31.5. The molecule has 2 heterocycles. The predicted octanol–water partition coefficient (Wildman–Crippen LogP) is 1.46. The topological polar surface area (TPSA) is 54.3 Å². The Morgan fingerprint density at radius 1 is 1.65 bits per heavy atom. The van der Waals surface area contributed by atoms with E-state index in [0.717, 1.165) is 25.1 Å². The molecule has 2 aliphatic rings. The van der Waals surface area contributed by atoms with Crippen molar-refractivity contribution >= 4 is 5.91 Å². The molecule has 2 fully saturated rings. The van der Waals surface area contributed by atoms with Gasteiger partial charge in [-0.2, -0.15) is 0 Å². The van der Waals surface area contributed by atoms with Crippen LogP contribution in [0.15, 0.2) is 16.7 Å². The molecule has 1 aliphatic heterocycles. The Morgan fingerprint density at radius 2 is 2.53 bits per heavy atom. The van der Waals surface area contributed by atoms with Crippen molar-refractivity contribution in [2.45, 2.75) is 31.7 Å². The van der Waals surface area contributed by atoms with E-state index in [-0.39, 0.29) is 11.4 Å². The third-order valence-corrected chi connectivity index (χ3v) is 4.10. The van der Waals surface area contributed by atoms with E-state index < -0.39 is 0 Å². The van der Waals surface area contributed by atoms with Crippen LogP contribution in [0.3, 0.4) is 0 Å². The summed E-state index contributed by atoms with van der Waals surface area (Å²) in [5.74, 6) is 0.936. The van der Waals surface area contributed by atoms with Crippen LogP contribution in [0, 0.1) is 12.8 Å². The molecular weight excluding hydrogens is 216 g/mol. The quantitative estimate of drug-likeness (QED) is 0.814. The van der Waals surface area contributed by atoms with E-state index in [0.29, 0.717) is 11.7 Å². The standard InChI is InChI=1S/C13H18N2O2/c1-9-5-11(17-7-9)12(16)15-13-4-2-3-10(13)6-14-8-13/h5,7,10,14H,2-4,6,8H2,1H3,(H,15,16)/t10-,13-/m0/s1. The van der Waals surface area contributed by atoms with Crippen LogP contribution >= 0.6 is 0 Å². The van der Waals surface area contributed by atoms with E-state index in [2.05, 4.69) is 10.6 Å². The molecule has 0 bridgehead atoms. The number of rotatable bonds is 2. The molecule has 0 radical (unpaired) electrons. The molecule has 92 valence electrons. The molecule has 1 saturated heterocycles. The first-order chi connectivity index (χ1) is 8.20. The van der Waals surface area contributed by atoms with Gasteiger partial charge >= 0.3 is 0 Å². The third kappa shape index (κ3) is 1.76. The van der Waals surface area contributed by atoms with E-state index in [1.54, 1.807) is 12.3 Å². The van der Waals surface area contributed by atoms with Crippen molar-refractivity contribution < 1.29 is 9.21 Å². The fourth-order valence-corrected chi connectivity index (χ4v) is 3.19. The van der Waals surface area contributed by atoms with E-state index >= 15 is 0 Å². The lowest BCUT2D eigenvalue weighted by Crippen LogP contribution is -2.51. The average molecular weight is 234 g/mol. The lowest BCUT2D eigenvalue weighted by Gasteiger charge is -2.29. The number of hydrogen-bond donors (Lipinski definition) is 2. The first-order valence-corrected chi connectivity index (χ1v) is 6.28. The molecule has 1 aromatic rings. The number of hydrogen-bond acceptors (Lipinski definition) is 3. The smallest absolute Gasteiger partial charge is 0.287 e. The van der Waals surface area contributed by atoms with Crippen molar-refractivity contribution in [3.63, 3.8) is 0 Å². The first kappa shape index (κ1) is 10.8. The molecule has 0 spiro atoms. The summed E-state index contributed by atoms with van der Waals surface area (Å²) in [6.45, 7) is 3.84. The fraction of sp³-hybridized carbons (Fsp3) is 0.615. The van der Waals surface area contributed by atoms with Crippen molar-refractivity contribution in [1.29, 1.82) is 0 Å². The van der Waals surface area contributed by atoms with E-state index in [1.807, 2.05) is 6.92 Å². The monoisotopic (exact) mass is 234 g/mol. The van der Waals surface area contributed by atoms with Crippen LogP contribution < -0.4 is 10.6 Å². The minimum atomic E-state index is -0.0753. The van der Waals surface area contributed by atoms with E-state index in [1.165, 1.54) is 12.8 Å². The van der Waals surface area contributed by atoms with Crippen molar-refractivity contribution in [2.24, 2.45) is 5.92 Å². The summed E-state index contributed by atoms with van der Waals surface area (Å²) in [6.07, 6.45) is 5.12. The minimum absolute atomic E-state index is 0.0300. The maximum Gasteiger partial charge on any atom is 0.287 e. The van der Waals surface area contributed by atoms with Gasteiger partial charge in [0, 0.05) is 13.1 Å².